The Morgan fingerprint density at radius 3 is 2.64 bits per heavy atom. The van der Waals surface area contributed by atoms with E-state index in [2.05, 4.69) is 19.9 Å². The van der Waals surface area contributed by atoms with Crippen LogP contribution in [0.25, 0.3) is 0 Å². The van der Waals surface area contributed by atoms with Crippen molar-refractivity contribution < 1.29 is 19.1 Å². The maximum Gasteiger partial charge on any atom is 0.303 e. The molecule has 152 valence electrons. The van der Waals surface area contributed by atoms with Crippen LogP contribution < -0.4 is 0 Å². The Morgan fingerprint density at radius 1 is 1.18 bits per heavy atom. The number of carbonyl (C=O) groups is 3. The van der Waals surface area contributed by atoms with Gasteiger partial charge in [0, 0.05) is 24.3 Å². The number of ketones is 2. The molecule has 2 fully saturated rings. The molecular weight excluding hydrogens is 376 g/mol. The number of halogens is 1. The molecule has 0 unspecified atom stereocenters. The molecule has 0 aliphatic heterocycles. The normalized spacial score (nSPS) is 41.9. The second-order valence-electron chi connectivity index (χ2n) is 9.67. The first kappa shape index (κ1) is 19.9. The van der Waals surface area contributed by atoms with Crippen molar-refractivity contribution in [1.29, 1.82) is 0 Å². The van der Waals surface area contributed by atoms with Crippen LogP contribution in [-0.4, -0.2) is 24.1 Å². The highest BCUT2D eigenvalue weighted by molar-refractivity contribution is 6.32. The molecule has 4 aliphatic rings. The average molecular weight is 405 g/mol. The van der Waals surface area contributed by atoms with E-state index in [1.165, 1.54) is 6.92 Å². The number of carbonyl (C=O) groups excluding carboxylic acids is 3. The smallest absolute Gasteiger partial charge is 0.303 e. The van der Waals surface area contributed by atoms with Crippen molar-refractivity contribution in [2.45, 2.75) is 59.3 Å². The molecule has 0 aromatic heterocycles. The third-order valence-corrected chi connectivity index (χ3v) is 8.69. The molecule has 0 heterocycles. The van der Waals surface area contributed by atoms with Crippen LogP contribution in [0.15, 0.2) is 22.8 Å². The Hall–Kier alpha value is -1.42. The highest BCUT2D eigenvalue weighted by atomic mass is 35.5. The zero-order valence-electron chi connectivity index (χ0n) is 16.9. The fraction of sp³-hybridized carbons (Fsp3) is 0.696. The summed E-state index contributed by atoms with van der Waals surface area (Å²) in [5, 5.41) is 0.732. The summed E-state index contributed by atoms with van der Waals surface area (Å²) in [5.41, 5.74) is 0.899. The third kappa shape index (κ3) is 2.91. The fourth-order valence-corrected chi connectivity index (χ4v) is 7.29. The summed E-state index contributed by atoms with van der Waals surface area (Å²) in [6.45, 7) is 5.75. The van der Waals surface area contributed by atoms with E-state index in [1.807, 2.05) is 0 Å². The summed E-state index contributed by atoms with van der Waals surface area (Å²) in [6, 6.07) is 0. The molecule has 0 amide bonds. The monoisotopic (exact) mass is 404 g/mol. The third-order valence-electron chi connectivity index (χ3n) is 8.36. The maximum atomic E-state index is 12.8. The Labute approximate surface area is 171 Å². The lowest BCUT2D eigenvalue weighted by atomic mass is 9.48. The van der Waals surface area contributed by atoms with Gasteiger partial charge >= 0.3 is 5.97 Å². The summed E-state index contributed by atoms with van der Waals surface area (Å²) in [5.74, 6) is 0.986. The number of ether oxygens (including phenoxy) is 1. The van der Waals surface area contributed by atoms with Gasteiger partial charge in [0.15, 0.2) is 11.6 Å². The molecule has 0 N–H and O–H groups in total. The highest BCUT2D eigenvalue weighted by Crippen LogP contribution is 2.66. The maximum absolute atomic E-state index is 12.8. The lowest BCUT2D eigenvalue weighted by Crippen LogP contribution is -2.50. The van der Waals surface area contributed by atoms with Gasteiger partial charge in [-0.1, -0.05) is 31.5 Å². The van der Waals surface area contributed by atoms with Crippen molar-refractivity contribution in [2.75, 3.05) is 6.61 Å². The van der Waals surface area contributed by atoms with E-state index < -0.39 is 5.97 Å². The van der Waals surface area contributed by atoms with Gasteiger partial charge in [0.1, 0.15) is 6.61 Å². The number of allylic oxidation sites excluding steroid dienone is 4. The van der Waals surface area contributed by atoms with E-state index in [9.17, 15) is 14.4 Å². The molecule has 0 bridgehead atoms. The second-order valence-corrected chi connectivity index (χ2v) is 10.1. The summed E-state index contributed by atoms with van der Waals surface area (Å²) in [7, 11) is 0. The van der Waals surface area contributed by atoms with E-state index in [4.69, 9.17) is 16.3 Å². The number of rotatable bonds is 3. The van der Waals surface area contributed by atoms with E-state index in [-0.39, 0.29) is 34.9 Å². The quantitative estimate of drug-likeness (QED) is 0.644. The Kier molecular flexibility index (Phi) is 4.85. The van der Waals surface area contributed by atoms with Crippen molar-refractivity contribution in [3.05, 3.63) is 22.8 Å². The van der Waals surface area contributed by atoms with Crippen molar-refractivity contribution >= 4 is 29.1 Å². The molecule has 0 aromatic rings. The van der Waals surface area contributed by atoms with Gasteiger partial charge in [0.25, 0.3) is 0 Å². The first-order chi connectivity index (χ1) is 13.2. The minimum Gasteiger partial charge on any atom is -0.458 e. The molecule has 0 saturated heterocycles. The molecule has 0 spiro atoms. The zero-order valence-corrected chi connectivity index (χ0v) is 17.7. The number of hydrogen-bond acceptors (Lipinski definition) is 4. The SMILES string of the molecule is CC(=O)OCC(=O)[C@H]1CC[C@H]2[C@@H]3C=C(Cl)C4=CC(=O)CC[C@]4(C)[C@H]3CC[C@]12C. The van der Waals surface area contributed by atoms with E-state index in [0.29, 0.717) is 24.2 Å². The van der Waals surface area contributed by atoms with Crippen LogP contribution in [-0.2, 0) is 19.1 Å². The molecular formula is C23H29ClO4. The number of esters is 1. The summed E-state index contributed by atoms with van der Waals surface area (Å²) >= 11 is 6.70. The molecule has 28 heavy (non-hydrogen) atoms. The van der Waals surface area contributed by atoms with Crippen LogP contribution in [0.2, 0.25) is 0 Å². The second kappa shape index (κ2) is 6.83. The van der Waals surface area contributed by atoms with Gasteiger partial charge < -0.3 is 4.74 Å². The molecule has 2 saturated carbocycles. The Balaban J connectivity index is 1.64. The van der Waals surface area contributed by atoms with Gasteiger partial charge in [-0.3, -0.25) is 14.4 Å². The van der Waals surface area contributed by atoms with Crippen molar-refractivity contribution in [1.82, 2.24) is 0 Å². The van der Waals surface area contributed by atoms with Crippen molar-refractivity contribution in [2.24, 2.45) is 34.5 Å². The Bertz CT molecular complexity index is 796. The van der Waals surface area contributed by atoms with Gasteiger partial charge in [0.2, 0.25) is 0 Å². The molecule has 6 atom stereocenters. The predicted molar refractivity (Wildman–Crippen MR) is 107 cm³/mol. The number of fused-ring (bicyclic) bond motifs is 5. The summed E-state index contributed by atoms with van der Waals surface area (Å²) in [6.07, 6.45) is 9.30. The Morgan fingerprint density at radius 2 is 1.93 bits per heavy atom. The van der Waals surface area contributed by atoms with E-state index in [0.717, 1.165) is 42.7 Å². The highest BCUT2D eigenvalue weighted by Gasteiger charge is 2.60. The predicted octanol–water partition coefficient (Wildman–Crippen LogP) is 4.61. The van der Waals surface area contributed by atoms with Crippen molar-refractivity contribution in [3.63, 3.8) is 0 Å². The van der Waals surface area contributed by atoms with Gasteiger partial charge in [-0.25, -0.2) is 0 Å². The van der Waals surface area contributed by atoms with Crippen LogP contribution in [0.3, 0.4) is 0 Å². The van der Waals surface area contributed by atoms with Gasteiger partial charge in [-0.2, -0.15) is 0 Å². The summed E-state index contributed by atoms with van der Waals surface area (Å²) < 4.78 is 5.00. The lowest BCUT2D eigenvalue weighted by Gasteiger charge is -2.56. The van der Waals surface area contributed by atoms with Crippen LogP contribution >= 0.6 is 11.6 Å². The van der Waals surface area contributed by atoms with Gasteiger partial charge in [-0.05, 0) is 72.3 Å². The molecule has 4 nitrogen and oxygen atoms in total. The standard InChI is InChI=1S/C23H29ClO4/c1-13(25)28-12-21(27)18-5-4-16-15-11-20(24)19-10-14(26)6-8-23(19,3)17(15)7-9-22(16,18)2/h10-11,15-18H,4-9,12H2,1-3H3/t15-,16-,17-,18+,22-,23+/m0/s1. The van der Waals surface area contributed by atoms with Crippen molar-refractivity contribution in [3.8, 4) is 0 Å². The molecule has 5 heteroatoms. The molecule has 0 radical (unpaired) electrons. The molecule has 0 aromatic carbocycles. The number of Topliss-reactive ketones (excluding diaryl/α,β-unsaturated/α-hetero) is 1. The fourth-order valence-electron chi connectivity index (χ4n) is 6.87. The van der Waals surface area contributed by atoms with Crippen LogP contribution in [0.1, 0.15) is 59.3 Å². The number of hydrogen-bond donors (Lipinski definition) is 0. The first-order valence-corrected chi connectivity index (χ1v) is 10.8. The van der Waals surface area contributed by atoms with E-state index in [1.54, 1.807) is 6.08 Å². The average Bonchev–Trinajstić information content (AvgIpc) is 2.99. The summed E-state index contributed by atoms with van der Waals surface area (Å²) in [4.78, 5) is 35.9. The topological polar surface area (TPSA) is 60.4 Å². The molecule has 4 rings (SSSR count). The van der Waals surface area contributed by atoms with E-state index >= 15 is 0 Å². The zero-order chi connectivity index (χ0) is 20.3. The minimum absolute atomic E-state index is 0.0500. The van der Waals surface area contributed by atoms with Gasteiger partial charge in [-0.15, -0.1) is 0 Å². The molecule has 4 aliphatic carbocycles. The van der Waals surface area contributed by atoms with Crippen LogP contribution in [0.5, 0.6) is 0 Å². The largest absolute Gasteiger partial charge is 0.458 e. The first-order valence-electron chi connectivity index (χ1n) is 10.5. The lowest BCUT2D eigenvalue weighted by molar-refractivity contribution is -0.148. The van der Waals surface area contributed by atoms with Crippen LogP contribution in [0.4, 0.5) is 0 Å². The van der Waals surface area contributed by atoms with Gasteiger partial charge in [0.05, 0.1) is 0 Å². The van der Waals surface area contributed by atoms with Crippen LogP contribution in [0, 0.1) is 34.5 Å². The minimum atomic E-state index is -0.405.